The summed E-state index contributed by atoms with van der Waals surface area (Å²) in [6, 6.07) is 5.49. The van der Waals surface area contributed by atoms with E-state index in [4.69, 9.17) is 0 Å². The number of aromatic amines is 1. The molecular formula is C24H30N6O3. The molecule has 1 aliphatic heterocycles. The van der Waals surface area contributed by atoms with Crippen LogP contribution < -0.4 is 15.5 Å². The summed E-state index contributed by atoms with van der Waals surface area (Å²) in [7, 11) is 1.79. The molecule has 1 saturated carbocycles. The zero-order valence-corrected chi connectivity index (χ0v) is 19.1. The van der Waals surface area contributed by atoms with Gasteiger partial charge >= 0.3 is 0 Å². The normalized spacial score (nSPS) is 16.4. The van der Waals surface area contributed by atoms with Crippen LogP contribution in [0.3, 0.4) is 0 Å². The summed E-state index contributed by atoms with van der Waals surface area (Å²) in [6.45, 7) is 3.31. The number of benzene rings is 1. The van der Waals surface area contributed by atoms with Gasteiger partial charge in [-0.3, -0.25) is 24.4 Å². The van der Waals surface area contributed by atoms with Gasteiger partial charge in [-0.2, -0.15) is 0 Å². The summed E-state index contributed by atoms with van der Waals surface area (Å²) < 4.78 is 0. The lowest BCUT2D eigenvalue weighted by Crippen LogP contribution is -2.33. The zero-order chi connectivity index (χ0) is 23.4. The number of aliphatic imine (C=N–C) groups is 2. The Morgan fingerprint density at radius 3 is 2.61 bits per heavy atom. The number of carbonyl (C=O) groups excluding carboxylic acids is 3. The van der Waals surface area contributed by atoms with Gasteiger partial charge in [-0.05, 0) is 38.0 Å². The first kappa shape index (κ1) is 22.7. The Kier molecular flexibility index (Phi) is 6.86. The monoisotopic (exact) mass is 450 g/mol. The van der Waals surface area contributed by atoms with Gasteiger partial charge < -0.3 is 20.5 Å². The van der Waals surface area contributed by atoms with E-state index in [2.05, 4.69) is 25.6 Å². The van der Waals surface area contributed by atoms with E-state index in [9.17, 15) is 14.4 Å². The molecule has 1 aromatic heterocycles. The molecule has 0 spiro atoms. The Bertz CT molecular complexity index is 1130. The van der Waals surface area contributed by atoms with Crippen molar-refractivity contribution in [2.45, 2.75) is 39.0 Å². The van der Waals surface area contributed by atoms with Crippen LogP contribution in [0.2, 0.25) is 0 Å². The molecular weight excluding hydrogens is 420 g/mol. The number of carbonyl (C=O) groups is 3. The summed E-state index contributed by atoms with van der Waals surface area (Å²) in [4.78, 5) is 51.6. The molecule has 2 aliphatic rings. The zero-order valence-electron chi connectivity index (χ0n) is 19.1. The van der Waals surface area contributed by atoms with Gasteiger partial charge in [0.1, 0.15) is 11.5 Å². The molecule has 9 heteroatoms. The minimum Gasteiger partial charge on any atom is -0.352 e. The van der Waals surface area contributed by atoms with E-state index in [0.29, 0.717) is 41.9 Å². The molecule has 0 bridgehead atoms. The highest BCUT2D eigenvalue weighted by atomic mass is 16.2. The van der Waals surface area contributed by atoms with Crippen molar-refractivity contribution in [2.24, 2.45) is 15.9 Å². The molecule has 3 amide bonds. The Balaban J connectivity index is 1.65. The topological polar surface area (TPSA) is 119 Å². The van der Waals surface area contributed by atoms with Crippen LogP contribution in [-0.2, 0) is 9.59 Å². The van der Waals surface area contributed by atoms with Crippen LogP contribution in [0.5, 0.6) is 0 Å². The third kappa shape index (κ3) is 4.81. The molecule has 0 saturated heterocycles. The minimum absolute atomic E-state index is 0.0572. The first-order valence-electron chi connectivity index (χ1n) is 11.6. The van der Waals surface area contributed by atoms with Gasteiger partial charge in [0.05, 0.1) is 24.9 Å². The van der Waals surface area contributed by atoms with Gasteiger partial charge in [-0.25, -0.2) is 0 Å². The van der Waals surface area contributed by atoms with Gasteiger partial charge in [0, 0.05) is 36.1 Å². The standard InChI is InChI=1S/C24H30N6O3/c1-3-26-23(32)20-17-10-9-16(30(2)24(33)15-7-5-4-6-8-15)13-18(17)28-21(20)29-22(31)19-14-25-11-12-27-19/h9-10,13-15,28H,3-8,11-12H2,1-2H3,(H,26,32)(H,29,31). The van der Waals surface area contributed by atoms with Gasteiger partial charge in [-0.15, -0.1) is 0 Å². The second kappa shape index (κ2) is 9.97. The largest absolute Gasteiger partial charge is 0.352 e. The van der Waals surface area contributed by atoms with Crippen LogP contribution in [0.25, 0.3) is 10.9 Å². The molecule has 1 fully saturated rings. The fourth-order valence-corrected chi connectivity index (χ4v) is 4.45. The molecule has 2 aromatic rings. The Morgan fingerprint density at radius 2 is 1.91 bits per heavy atom. The van der Waals surface area contributed by atoms with Crippen LogP contribution in [0.4, 0.5) is 11.5 Å². The number of hydrogen-bond donors (Lipinski definition) is 3. The molecule has 2 heterocycles. The fourth-order valence-electron chi connectivity index (χ4n) is 4.45. The van der Waals surface area contributed by atoms with E-state index in [0.717, 1.165) is 31.4 Å². The molecule has 174 valence electrons. The maximum atomic E-state index is 13.0. The van der Waals surface area contributed by atoms with Crippen molar-refractivity contribution in [1.82, 2.24) is 10.3 Å². The minimum atomic E-state index is -0.430. The van der Waals surface area contributed by atoms with E-state index < -0.39 is 5.91 Å². The predicted molar refractivity (Wildman–Crippen MR) is 131 cm³/mol. The van der Waals surface area contributed by atoms with E-state index >= 15 is 0 Å². The maximum Gasteiger partial charge on any atom is 0.276 e. The number of nitrogens with one attached hydrogen (secondary N) is 3. The van der Waals surface area contributed by atoms with Crippen molar-refractivity contribution < 1.29 is 14.4 Å². The summed E-state index contributed by atoms with van der Waals surface area (Å²) in [5, 5.41) is 6.24. The second-order valence-electron chi connectivity index (χ2n) is 8.45. The van der Waals surface area contributed by atoms with Crippen molar-refractivity contribution in [3.63, 3.8) is 0 Å². The number of H-pyrrole nitrogens is 1. The van der Waals surface area contributed by atoms with Crippen molar-refractivity contribution in [2.75, 3.05) is 36.9 Å². The van der Waals surface area contributed by atoms with Crippen molar-refractivity contribution in [3.05, 3.63) is 23.8 Å². The van der Waals surface area contributed by atoms with Gasteiger partial charge in [0.25, 0.3) is 11.8 Å². The predicted octanol–water partition coefficient (Wildman–Crippen LogP) is 2.92. The number of amides is 3. The average Bonchev–Trinajstić information content (AvgIpc) is 3.21. The van der Waals surface area contributed by atoms with E-state index in [1.165, 1.54) is 12.6 Å². The summed E-state index contributed by atoms with van der Waals surface area (Å²) >= 11 is 0. The van der Waals surface area contributed by atoms with Crippen LogP contribution in [0.15, 0.2) is 28.2 Å². The summed E-state index contributed by atoms with van der Waals surface area (Å²) in [5.74, 6) is -0.256. The van der Waals surface area contributed by atoms with E-state index in [-0.39, 0.29) is 23.4 Å². The van der Waals surface area contributed by atoms with Gasteiger partial charge in [-0.1, -0.05) is 19.3 Å². The number of rotatable bonds is 6. The number of aromatic nitrogens is 1. The van der Waals surface area contributed by atoms with E-state index in [1.807, 2.05) is 25.1 Å². The Labute approximate surface area is 192 Å². The number of anilines is 2. The van der Waals surface area contributed by atoms with E-state index in [1.54, 1.807) is 11.9 Å². The molecule has 0 unspecified atom stereocenters. The molecule has 9 nitrogen and oxygen atoms in total. The molecule has 1 aromatic carbocycles. The molecule has 4 rings (SSSR count). The van der Waals surface area contributed by atoms with Gasteiger partial charge in [0.2, 0.25) is 5.91 Å². The van der Waals surface area contributed by atoms with Crippen LogP contribution in [0, 0.1) is 5.92 Å². The molecule has 33 heavy (non-hydrogen) atoms. The van der Waals surface area contributed by atoms with Crippen molar-refractivity contribution >= 4 is 52.1 Å². The number of fused-ring (bicyclic) bond motifs is 1. The molecule has 0 atom stereocenters. The van der Waals surface area contributed by atoms with Crippen LogP contribution >= 0.6 is 0 Å². The number of hydrogen-bond acceptors (Lipinski definition) is 5. The molecule has 1 aliphatic carbocycles. The first-order valence-corrected chi connectivity index (χ1v) is 11.6. The smallest absolute Gasteiger partial charge is 0.276 e. The Hall–Kier alpha value is -3.49. The second-order valence-corrected chi connectivity index (χ2v) is 8.45. The van der Waals surface area contributed by atoms with Crippen LogP contribution in [0.1, 0.15) is 49.4 Å². The summed E-state index contributed by atoms with van der Waals surface area (Å²) in [6.07, 6.45) is 6.68. The fraction of sp³-hybridized carbons (Fsp3) is 0.458. The third-order valence-corrected chi connectivity index (χ3v) is 6.21. The quantitative estimate of drug-likeness (QED) is 0.628. The lowest BCUT2D eigenvalue weighted by molar-refractivity contribution is -0.123. The third-order valence-electron chi connectivity index (χ3n) is 6.21. The maximum absolute atomic E-state index is 13.0. The average molecular weight is 451 g/mol. The molecule has 3 N–H and O–H groups in total. The summed E-state index contributed by atoms with van der Waals surface area (Å²) in [5.41, 5.74) is 1.97. The van der Waals surface area contributed by atoms with Crippen LogP contribution in [-0.4, -0.2) is 61.3 Å². The lowest BCUT2D eigenvalue weighted by Gasteiger charge is -2.26. The van der Waals surface area contributed by atoms with Crippen molar-refractivity contribution in [1.29, 1.82) is 0 Å². The number of nitrogens with zero attached hydrogens (tertiary/aromatic N) is 3. The highest BCUT2D eigenvalue weighted by Crippen LogP contribution is 2.32. The highest BCUT2D eigenvalue weighted by Gasteiger charge is 2.26. The lowest BCUT2D eigenvalue weighted by atomic mass is 9.88. The van der Waals surface area contributed by atoms with Crippen molar-refractivity contribution in [3.8, 4) is 0 Å². The van der Waals surface area contributed by atoms with Gasteiger partial charge in [0.15, 0.2) is 0 Å². The first-order chi connectivity index (χ1) is 16.0. The molecule has 0 radical (unpaired) electrons. The SMILES string of the molecule is CCNC(=O)c1c(NC(=O)C2=NCCN=C2)[nH]c2cc(N(C)C(=O)C3CCCCC3)ccc12. The Morgan fingerprint density at radius 1 is 1.12 bits per heavy atom. The highest BCUT2D eigenvalue weighted by molar-refractivity contribution is 6.63.